The molecule has 7 heavy (non-hydrogen) atoms. The molecule has 0 amide bonds. The molecule has 0 fully saturated rings. The molecule has 0 spiro atoms. The fourth-order valence-electron chi connectivity index (χ4n) is 0.440. The zero-order valence-electron chi connectivity index (χ0n) is 4.06. The van der Waals surface area contributed by atoms with Gasteiger partial charge in [0.25, 0.3) is 0 Å². The molecule has 0 aromatic carbocycles. The lowest BCUT2D eigenvalue weighted by Gasteiger charge is -2.03. The van der Waals surface area contributed by atoms with E-state index in [-0.39, 0.29) is 0 Å². The van der Waals surface area contributed by atoms with Gasteiger partial charge in [0.2, 0.25) is 0 Å². The van der Waals surface area contributed by atoms with Gasteiger partial charge in [-0.2, -0.15) is 0 Å². The highest BCUT2D eigenvalue weighted by Crippen LogP contribution is 2.09. The first kappa shape index (κ1) is 5.34. The number of rotatable bonds is 0. The van der Waals surface area contributed by atoms with Crippen LogP contribution in [0, 0.1) is 0 Å². The highest BCUT2D eigenvalue weighted by atomic mass is 127. The zero-order chi connectivity index (χ0) is 5.28. The van der Waals surface area contributed by atoms with Crippen molar-refractivity contribution in [2.75, 3.05) is 0 Å². The SMILES string of the molecule is CC1NC=NC1I. The summed E-state index contributed by atoms with van der Waals surface area (Å²) in [5, 5.41) is 3.07. The van der Waals surface area contributed by atoms with Gasteiger partial charge in [0.05, 0.1) is 12.4 Å². The third-order valence-corrected chi connectivity index (χ3v) is 2.37. The van der Waals surface area contributed by atoms with Crippen molar-refractivity contribution in [1.82, 2.24) is 5.32 Å². The molecule has 2 atom stereocenters. The van der Waals surface area contributed by atoms with Gasteiger partial charge in [-0.1, -0.05) is 22.6 Å². The van der Waals surface area contributed by atoms with Crippen molar-refractivity contribution in [3.63, 3.8) is 0 Å². The minimum atomic E-state index is 0.442. The van der Waals surface area contributed by atoms with E-state index in [0.29, 0.717) is 10.1 Å². The first-order valence-corrected chi connectivity index (χ1v) is 3.47. The summed E-state index contributed by atoms with van der Waals surface area (Å²) < 4.78 is 0.442. The lowest BCUT2D eigenvalue weighted by molar-refractivity contribution is 0.711. The lowest BCUT2D eigenvalue weighted by Crippen LogP contribution is -2.23. The van der Waals surface area contributed by atoms with E-state index >= 15 is 0 Å². The first-order valence-electron chi connectivity index (χ1n) is 2.22. The summed E-state index contributed by atoms with van der Waals surface area (Å²) in [6.07, 6.45) is 1.77. The molecule has 1 N–H and O–H groups in total. The Bertz CT molecular complexity index is 91.7. The first-order chi connectivity index (χ1) is 3.30. The lowest BCUT2D eigenvalue weighted by atomic mass is 10.4. The molecule has 0 aliphatic carbocycles. The van der Waals surface area contributed by atoms with Gasteiger partial charge < -0.3 is 5.32 Å². The second-order valence-electron chi connectivity index (χ2n) is 1.61. The fraction of sp³-hybridized carbons (Fsp3) is 0.750. The van der Waals surface area contributed by atoms with Crippen LogP contribution in [0.1, 0.15) is 6.92 Å². The molecule has 40 valence electrons. The molecule has 1 aliphatic heterocycles. The second kappa shape index (κ2) is 1.98. The van der Waals surface area contributed by atoms with Crippen molar-refractivity contribution >= 4 is 28.9 Å². The summed E-state index contributed by atoms with van der Waals surface area (Å²) in [4.78, 5) is 4.07. The number of alkyl halides is 1. The van der Waals surface area contributed by atoms with Crippen LogP contribution in [0.25, 0.3) is 0 Å². The molecule has 2 unspecified atom stereocenters. The van der Waals surface area contributed by atoms with E-state index in [1.54, 1.807) is 6.34 Å². The molecule has 1 rings (SSSR count). The molecule has 0 bridgehead atoms. The highest BCUT2D eigenvalue weighted by Gasteiger charge is 2.13. The van der Waals surface area contributed by atoms with Crippen LogP contribution < -0.4 is 5.32 Å². The number of nitrogens with zero attached hydrogens (tertiary/aromatic N) is 1. The Hall–Kier alpha value is 0.200. The molecule has 0 aromatic heterocycles. The Morgan fingerprint density at radius 3 is 2.71 bits per heavy atom. The van der Waals surface area contributed by atoms with Crippen molar-refractivity contribution in [3.8, 4) is 0 Å². The van der Waals surface area contributed by atoms with Crippen LogP contribution in [0.2, 0.25) is 0 Å². The average Bonchev–Trinajstić information content (AvgIpc) is 1.91. The molecule has 0 radical (unpaired) electrons. The molecule has 0 saturated heterocycles. The molecule has 0 aromatic rings. The van der Waals surface area contributed by atoms with Crippen molar-refractivity contribution in [2.45, 2.75) is 17.0 Å². The minimum absolute atomic E-state index is 0.442. The van der Waals surface area contributed by atoms with Crippen LogP contribution in [0.5, 0.6) is 0 Å². The predicted molar refractivity (Wildman–Crippen MR) is 38.9 cm³/mol. The number of hydrogen-bond donors (Lipinski definition) is 1. The highest BCUT2D eigenvalue weighted by molar-refractivity contribution is 14.1. The number of halogens is 1. The van der Waals surface area contributed by atoms with Gasteiger partial charge in [-0.15, -0.1) is 0 Å². The van der Waals surface area contributed by atoms with E-state index in [1.807, 2.05) is 0 Å². The van der Waals surface area contributed by atoms with E-state index < -0.39 is 0 Å². The summed E-state index contributed by atoms with van der Waals surface area (Å²) in [6, 6.07) is 0.528. The van der Waals surface area contributed by atoms with Crippen LogP contribution in [0.4, 0.5) is 0 Å². The molecule has 3 heteroatoms. The van der Waals surface area contributed by atoms with Gasteiger partial charge >= 0.3 is 0 Å². The molecular formula is C4H7IN2. The summed E-state index contributed by atoms with van der Waals surface area (Å²) >= 11 is 2.30. The summed E-state index contributed by atoms with van der Waals surface area (Å²) in [6.45, 7) is 2.12. The number of hydrogen-bond acceptors (Lipinski definition) is 2. The van der Waals surface area contributed by atoms with Gasteiger partial charge in [0.1, 0.15) is 4.05 Å². The van der Waals surface area contributed by atoms with Crippen LogP contribution >= 0.6 is 22.6 Å². The third-order valence-electron chi connectivity index (χ3n) is 0.967. The molecular weight excluding hydrogens is 203 g/mol. The van der Waals surface area contributed by atoms with Crippen molar-refractivity contribution in [1.29, 1.82) is 0 Å². The Kier molecular flexibility index (Phi) is 1.51. The normalized spacial score (nSPS) is 38.6. The maximum Gasteiger partial charge on any atom is 0.122 e. The Morgan fingerprint density at radius 1 is 1.86 bits per heavy atom. The molecule has 1 heterocycles. The quantitative estimate of drug-likeness (QED) is 0.356. The Labute approximate surface area is 56.5 Å². The van der Waals surface area contributed by atoms with Gasteiger partial charge in [-0.25, -0.2) is 0 Å². The molecule has 2 nitrogen and oxygen atoms in total. The van der Waals surface area contributed by atoms with Crippen molar-refractivity contribution in [3.05, 3.63) is 0 Å². The maximum absolute atomic E-state index is 4.07. The van der Waals surface area contributed by atoms with E-state index in [9.17, 15) is 0 Å². The van der Waals surface area contributed by atoms with Gasteiger partial charge in [-0.3, -0.25) is 4.99 Å². The topological polar surface area (TPSA) is 24.4 Å². The Morgan fingerprint density at radius 2 is 2.57 bits per heavy atom. The van der Waals surface area contributed by atoms with Crippen molar-refractivity contribution in [2.24, 2.45) is 4.99 Å². The smallest absolute Gasteiger partial charge is 0.122 e. The maximum atomic E-state index is 4.07. The number of aliphatic imine (C=N–C) groups is 1. The standard InChI is InChI=1S/C4H7IN2/c1-3-4(5)7-2-6-3/h2-4H,1H3,(H,6,7). The van der Waals surface area contributed by atoms with E-state index in [4.69, 9.17) is 0 Å². The second-order valence-corrected chi connectivity index (χ2v) is 2.88. The summed E-state index contributed by atoms with van der Waals surface area (Å²) in [5.74, 6) is 0. The monoisotopic (exact) mass is 210 g/mol. The predicted octanol–water partition coefficient (Wildman–Crippen LogP) is 0.768. The largest absolute Gasteiger partial charge is 0.371 e. The van der Waals surface area contributed by atoms with Crippen LogP contribution in [0.15, 0.2) is 4.99 Å². The number of nitrogens with one attached hydrogen (secondary N) is 1. The van der Waals surface area contributed by atoms with Crippen LogP contribution in [-0.4, -0.2) is 16.4 Å². The molecule has 0 saturated carbocycles. The van der Waals surface area contributed by atoms with Gasteiger partial charge in [0.15, 0.2) is 0 Å². The summed E-state index contributed by atoms with van der Waals surface area (Å²) in [5.41, 5.74) is 0. The van der Waals surface area contributed by atoms with E-state index in [0.717, 1.165) is 0 Å². The van der Waals surface area contributed by atoms with Gasteiger partial charge in [0, 0.05) is 0 Å². The van der Waals surface area contributed by atoms with E-state index in [1.165, 1.54) is 0 Å². The summed E-state index contributed by atoms with van der Waals surface area (Å²) in [7, 11) is 0. The average molecular weight is 210 g/mol. The zero-order valence-corrected chi connectivity index (χ0v) is 6.21. The minimum Gasteiger partial charge on any atom is -0.371 e. The molecule has 1 aliphatic rings. The Balaban J connectivity index is 2.45. The fourth-order valence-corrected chi connectivity index (χ4v) is 0.809. The van der Waals surface area contributed by atoms with Crippen LogP contribution in [-0.2, 0) is 0 Å². The van der Waals surface area contributed by atoms with Gasteiger partial charge in [-0.05, 0) is 6.92 Å². The van der Waals surface area contributed by atoms with E-state index in [2.05, 4.69) is 39.8 Å². The third kappa shape index (κ3) is 1.05. The van der Waals surface area contributed by atoms with Crippen molar-refractivity contribution < 1.29 is 0 Å². The van der Waals surface area contributed by atoms with Crippen LogP contribution in [0.3, 0.4) is 0 Å².